The Morgan fingerprint density at radius 1 is 1.20 bits per heavy atom. The molecule has 1 aliphatic heterocycles. The van der Waals surface area contributed by atoms with Crippen molar-refractivity contribution >= 4 is 5.97 Å². The molecular weight excluding hydrogens is 382 g/mol. The van der Waals surface area contributed by atoms with Gasteiger partial charge in [-0.15, -0.1) is 0 Å². The van der Waals surface area contributed by atoms with E-state index in [0.717, 1.165) is 35.4 Å². The average molecular weight is 414 g/mol. The lowest BCUT2D eigenvalue weighted by atomic mass is 9.77. The van der Waals surface area contributed by atoms with Crippen LogP contribution in [-0.4, -0.2) is 38.0 Å². The summed E-state index contributed by atoms with van der Waals surface area (Å²) in [5.74, 6) is 0.213. The van der Waals surface area contributed by atoms with Crippen molar-refractivity contribution in [3.05, 3.63) is 51.3 Å². The molecular formula is C24H31NO5. The quantitative estimate of drug-likeness (QED) is 0.641. The normalized spacial score (nSPS) is 15.3. The summed E-state index contributed by atoms with van der Waals surface area (Å²) < 4.78 is 18.2. The van der Waals surface area contributed by atoms with E-state index >= 15 is 0 Å². The highest BCUT2D eigenvalue weighted by Gasteiger charge is 2.37. The van der Waals surface area contributed by atoms with Crippen LogP contribution in [0.25, 0.3) is 11.3 Å². The fourth-order valence-corrected chi connectivity index (χ4v) is 4.36. The highest BCUT2D eigenvalue weighted by molar-refractivity contribution is 5.89. The maximum Gasteiger partial charge on any atom is 0.343 e. The summed E-state index contributed by atoms with van der Waals surface area (Å²) >= 11 is 0. The molecule has 3 rings (SSSR count). The van der Waals surface area contributed by atoms with Gasteiger partial charge in [-0.05, 0) is 37.0 Å². The zero-order valence-corrected chi connectivity index (χ0v) is 18.7. The molecule has 2 aromatic rings. The number of rotatable bonds is 7. The van der Waals surface area contributed by atoms with Crippen LogP contribution >= 0.6 is 0 Å². The SMILES string of the molecule is CCOC(=O)c1cn2c(cc1=O)-c1cc(OC)c(CC)cc1CC2C(C)(C)COC. The molecule has 30 heavy (non-hydrogen) atoms. The van der Waals surface area contributed by atoms with E-state index in [-0.39, 0.29) is 29.1 Å². The molecule has 0 radical (unpaired) electrons. The van der Waals surface area contributed by atoms with Gasteiger partial charge in [0, 0.05) is 36.4 Å². The van der Waals surface area contributed by atoms with Crippen molar-refractivity contribution in [2.45, 2.75) is 46.6 Å². The molecule has 6 heteroatoms. The topological polar surface area (TPSA) is 66.8 Å². The zero-order chi connectivity index (χ0) is 22.1. The largest absolute Gasteiger partial charge is 0.496 e. The van der Waals surface area contributed by atoms with Crippen LogP contribution in [0.15, 0.2) is 29.2 Å². The first-order chi connectivity index (χ1) is 14.3. The molecule has 0 saturated carbocycles. The molecule has 0 fully saturated rings. The molecule has 6 nitrogen and oxygen atoms in total. The lowest BCUT2D eigenvalue weighted by Gasteiger charge is -2.41. The van der Waals surface area contributed by atoms with Crippen molar-refractivity contribution in [3.8, 4) is 17.0 Å². The van der Waals surface area contributed by atoms with E-state index in [2.05, 4.69) is 26.8 Å². The first kappa shape index (κ1) is 22.1. The van der Waals surface area contributed by atoms with Crippen LogP contribution in [0.3, 0.4) is 0 Å². The van der Waals surface area contributed by atoms with Gasteiger partial charge in [-0.2, -0.15) is 0 Å². The number of nitrogens with zero attached hydrogens (tertiary/aromatic N) is 1. The summed E-state index contributed by atoms with van der Waals surface area (Å²) in [6.45, 7) is 8.88. The van der Waals surface area contributed by atoms with Gasteiger partial charge in [-0.3, -0.25) is 4.79 Å². The molecule has 0 aliphatic carbocycles. The summed E-state index contributed by atoms with van der Waals surface area (Å²) in [5.41, 5.74) is 3.54. The monoisotopic (exact) mass is 413 g/mol. The molecule has 1 aliphatic rings. The predicted octanol–water partition coefficient (Wildman–Crippen LogP) is 4.03. The van der Waals surface area contributed by atoms with Crippen molar-refractivity contribution in [3.63, 3.8) is 0 Å². The van der Waals surface area contributed by atoms with Crippen molar-refractivity contribution in [2.75, 3.05) is 27.4 Å². The van der Waals surface area contributed by atoms with Gasteiger partial charge in [0.15, 0.2) is 5.43 Å². The van der Waals surface area contributed by atoms with Gasteiger partial charge < -0.3 is 18.8 Å². The number of esters is 1. The fraction of sp³-hybridized carbons (Fsp3) is 0.500. The van der Waals surface area contributed by atoms with Crippen molar-refractivity contribution in [1.82, 2.24) is 4.57 Å². The molecule has 1 unspecified atom stereocenters. The molecule has 0 spiro atoms. The minimum absolute atomic E-state index is 0.00632. The third kappa shape index (κ3) is 3.88. The van der Waals surface area contributed by atoms with E-state index in [1.165, 1.54) is 5.56 Å². The number of aromatic nitrogens is 1. The van der Waals surface area contributed by atoms with Crippen molar-refractivity contribution in [1.29, 1.82) is 0 Å². The van der Waals surface area contributed by atoms with Crippen LogP contribution in [0.2, 0.25) is 0 Å². The Labute approximate surface area is 177 Å². The number of ether oxygens (including phenoxy) is 3. The van der Waals surface area contributed by atoms with Gasteiger partial charge in [0.25, 0.3) is 0 Å². The third-order valence-electron chi connectivity index (χ3n) is 5.91. The zero-order valence-electron chi connectivity index (χ0n) is 18.7. The third-order valence-corrected chi connectivity index (χ3v) is 5.91. The second kappa shape index (κ2) is 8.64. The molecule has 1 aromatic heterocycles. The molecule has 0 N–H and O–H groups in total. The minimum atomic E-state index is -0.592. The average Bonchev–Trinajstić information content (AvgIpc) is 2.71. The summed E-state index contributed by atoms with van der Waals surface area (Å²) in [6.07, 6.45) is 3.28. The van der Waals surface area contributed by atoms with E-state index in [1.807, 2.05) is 10.6 Å². The highest BCUT2D eigenvalue weighted by atomic mass is 16.5. The Morgan fingerprint density at radius 2 is 1.93 bits per heavy atom. The highest BCUT2D eigenvalue weighted by Crippen LogP contribution is 2.44. The van der Waals surface area contributed by atoms with Gasteiger partial charge in [0.1, 0.15) is 11.3 Å². The number of aryl methyl sites for hydroxylation is 1. The lowest BCUT2D eigenvalue weighted by Crippen LogP contribution is -2.37. The van der Waals surface area contributed by atoms with Crippen LogP contribution in [0, 0.1) is 5.41 Å². The predicted molar refractivity (Wildman–Crippen MR) is 116 cm³/mol. The number of fused-ring (bicyclic) bond motifs is 3. The number of pyridine rings is 1. The second-order valence-electron chi connectivity index (χ2n) is 8.38. The Kier molecular flexibility index (Phi) is 6.36. The van der Waals surface area contributed by atoms with Crippen LogP contribution < -0.4 is 10.2 Å². The van der Waals surface area contributed by atoms with Gasteiger partial charge in [0.05, 0.1) is 26.0 Å². The smallest absolute Gasteiger partial charge is 0.343 e. The summed E-state index contributed by atoms with van der Waals surface area (Å²) in [6, 6.07) is 5.73. The molecule has 162 valence electrons. The van der Waals surface area contributed by atoms with E-state index in [0.29, 0.717) is 6.61 Å². The minimum Gasteiger partial charge on any atom is -0.496 e. The molecule has 0 saturated heterocycles. The van der Waals surface area contributed by atoms with Gasteiger partial charge in [-0.1, -0.05) is 26.8 Å². The molecule has 0 bridgehead atoms. The van der Waals surface area contributed by atoms with Gasteiger partial charge in [-0.25, -0.2) is 4.79 Å². The Morgan fingerprint density at radius 3 is 2.53 bits per heavy atom. The standard InChI is InChI=1S/C24H31NO5/c1-7-15-9-16-10-22(24(3,4)14-28-5)25-13-18(23(27)30-8-2)20(26)12-19(25)17(16)11-21(15)29-6/h9,11-13,22H,7-8,10,14H2,1-6H3. The van der Waals surface area contributed by atoms with E-state index in [9.17, 15) is 9.59 Å². The maximum absolute atomic E-state index is 12.8. The molecule has 2 heterocycles. The van der Waals surface area contributed by atoms with Gasteiger partial charge >= 0.3 is 5.97 Å². The fourth-order valence-electron chi connectivity index (χ4n) is 4.36. The maximum atomic E-state index is 12.8. The summed E-state index contributed by atoms with van der Waals surface area (Å²) in [4.78, 5) is 25.2. The Bertz CT molecular complexity index is 1010. The van der Waals surface area contributed by atoms with Crippen LogP contribution in [-0.2, 0) is 22.3 Å². The molecule has 1 atom stereocenters. The summed E-state index contributed by atoms with van der Waals surface area (Å²) in [5, 5.41) is 0. The Balaban J connectivity index is 2.28. The number of carbonyl (C=O) groups excluding carboxylic acids is 1. The number of carbonyl (C=O) groups is 1. The van der Waals surface area contributed by atoms with Crippen LogP contribution in [0.4, 0.5) is 0 Å². The first-order valence-electron chi connectivity index (χ1n) is 10.4. The number of hydrogen-bond acceptors (Lipinski definition) is 5. The van der Waals surface area contributed by atoms with Crippen molar-refractivity contribution in [2.24, 2.45) is 5.41 Å². The molecule has 0 amide bonds. The van der Waals surface area contributed by atoms with Crippen molar-refractivity contribution < 1.29 is 19.0 Å². The summed E-state index contributed by atoms with van der Waals surface area (Å²) in [7, 11) is 3.35. The van der Waals surface area contributed by atoms with E-state index < -0.39 is 5.97 Å². The number of hydrogen-bond donors (Lipinski definition) is 0. The molecule has 1 aromatic carbocycles. The Hall–Kier alpha value is -2.60. The van der Waals surface area contributed by atoms with Gasteiger partial charge in [0.2, 0.25) is 0 Å². The number of methoxy groups -OCH3 is 2. The van der Waals surface area contributed by atoms with Crippen LogP contribution in [0.1, 0.15) is 55.2 Å². The number of benzene rings is 1. The lowest BCUT2D eigenvalue weighted by molar-refractivity contribution is 0.0516. The van der Waals surface area contributed by atoms with E-state index in [1.54, 1.807) is 33.4 Å². The van der Waals surface area contributed by atoms with Crippen LogP contribution in [0.5, 0.6) is 5.75 Å². The second-order valence-corrected chi connectivity index (χ2v) is 8.38. The first-order valence-corrected chi connectivity index (χ1v) is 10.4. The van der Waals surface area contributed by atoms with E-state index in [4.69, 9.17) is 14.2 Å².